The molecule has 2 aliphatic heterocycles. The van der Waals surface area contributed by atoms with Gasteiger partial charge in [0.25, 0.3) is 0 Å². The van der Waals surface area contributed by atoms with E-state index in [9.17, 15) is 15.3 Å². The van der Waals surface area contributed by atoms with Crippen molar-refractivity contribution in [1.82, 2.24) is 5.32 Å². The normalized spacial score (nSPS) is 42.4. The summed E-state index contributed by atoms with van der Waals surface area (Å²) in [7, 11) is 0. The van der Waals surface area contributed by atoms with Crippen molar-refractivity contribution in [3.05, 3.63) is 12.7 Å². The van der Waals surface area contributed by atoms with E-state index in [1.54, 1.807) is 6.08 Å². The van der Waals surface area contributed by atoms with Crippen LogP contribution in [-0.4, -0.2) is 62.9 Å². The van der Waals surface area contributed by atoms with E-state index in [1.807, 2.05) is 0 Å². The van der Waals surface area contributed by atoms with Crippen LogP contribution in [-0.2, 0) is 4.74 Å². The molecule has 0 amide bonds. The van der Waals surface area contributed by atoms with Crippen molar-refractivity contribution in [3.8, 4) is 0 Å². The highest BCUT2D eigenvalue weighted by atomic mass is 32.2. The lowest BCUT2D eigenvalue weighted by molar-refractivity contribution is -0.186. The summed E-state index contributed by atoms with van der Waals surface area (Å²) in [5.41, 5.74) is -0.342. The van der Waals surface area contributed by atoms with Crippen LogP contribution in [0.5, 0.6) is 0 Å². The van der Waals surface area contributed by atoms with E-state index in [0.29, 0.717) is 12.3 Å². The van der Waals surface area contributed by atoms with Crippen LogP contribution in [0.25, 0.3) is 0 Å². The molecule has 0 spiro atoms. The fourth-order valence-corrected chi connectivity index (χ4v) is 3.78. The number of rotatable bonds is 5. The van der Waals surface area contributed by atoms with Gasteiger partial charge in [0.15, 0.2) is 5.17 Å². The molecule has 0 bridgehead atoms. The first-order chi connectivity index (χ1) is 10.1. The van der Waals surface area contributed by atoms with Gasteiger partial charge in [0.05, 0.1) is 12.1 Å². The number of aliphatic hydroxyl groups is 3. The molecule has 3 fully saturated rings. The Hall–Kier alpha value is -0.600. The molecule has 0 aromatic rings. The van der Waals surface area contributed by atoms with E-state index in [1.165, 1.54) is 24.6 Å². The van der Waals surface area contributed by atoms with Gasteiger partial charge >= 0.3 is 0 Å². The Balaban J connectivity index is 1.65. The highest BCUT2D eigenvalue weighted by Crippen LogP contribution is 2.36. The quantitative estimate of drug-likeness (QED) is 0.527. The zero-order valence-electron chi connectivity index (χ0n) is 11.8. The maximum atomic E-state index is 10.2. The minimum atomic E-state index is -1.13. The number of thioether (sulfide) groups is 1. The fraction of sp³-hybridized carbons (Fsp3) is 0.786. The minimum Gasteiger partial charge on any atom is -0.390 e. The highest BCUT2D eigenvalue weighted by molar-refractivity contribution is 8.14. The summed E-state index contributed by atoms with van der Waals surface area (Å²) >= 11 is 1.42. The summed E-state index contributed by atoms with van der Waals surface area (Å²) in [5.74, 6) is 0.695. The van der Waals surface area contributed by atoms with E-state index in [4.69, 9.17) is 4.74 Å². The Kier molecular flexibility index (Phi) is 4.56. The smallest absolute Gasteiger partial charge is 0.159 e. The molecule has 6 nitrogen and oxygen atoms in total. The topological polar surface area (TPSA) is 94.3 Å². The van der Waals surface area contributed by atoms with Gasteiger partial charge in [0.2, 0.25) is 0 Å². The second-order valence-corrected chi connectivity index (χ2v) is 7.01. The molecule has 21 heavy (non-hydrogen) atoms. The molecule has 2 saturated heterocycles. The van der Waals surface area contributed by atoms with Crippen LogP contribution in [0, 0.1) is 5.92 Å². The fourth-order valence-electron chi connectivity index (χ4n) is 2.65. The van der Waals surface area contributed by atoms with Crippen LogP contribution in [0.1, 0.15) is 19.3 Å². The number of aliphatic imine (C=N–C) groups is 1. The summed E-state index contributed by atoms with van der Waals surface area (Å²) in [6.07, 6.45) is 0.557. The van der Waals surface area contributed by atoms with Crippen molar-refractivity contribution in [3.63, 3.8) is 0 Å². The molecule has 118 valence electrons. The van der Waals surface area contributed by atoms with Crippen LogP contribution >= 0.6 is 11.8 Å². The largest absolute Gasteiger partial charge is 0.390 e. The summed E-state index contributed by atoms with van der Waals surface area (Å²) in [4.78, 5) is 4.49. The first-order valence-electron chi connectivity index (χ1n) is 7.38. The third-order valence-electron chi connectivity index (χ3n) is 4.13. The number of nitrogens with one attached hydrogen (secondary N) is 1. The average Bonchev–Trinajstić information content (AvgIpc) is 3.20. The van der Waals surface area contributed by atoms with Gasteiger partial charge in [0.1, 0.15) is 23.7 Å². The molecule has 3 aliphatic rings. The lowest BCUT2D eigenvalue weighted by atomic mass is 9.93. The van der Waals surface area contributed by atoms with Gasteiger partial charge in [-0.15, -0.1) is 6.58 Å². The van der Waals surface area contributed by atoms with Gasteiger partial charge < -0.3 is 25.4 Å². The second-order valence-electron chi connectivity index (χ2n) is 5.92. The molecule has 2 heterocycles. The molecule has 3 unspecified atom stereocenters. The Morgan fingerprint density at radius 1 is 1.43 bits per heavy atom. The van der Waals surface area contributed by atoms with E-state index in [0.717, 1.165) is 11.7 Å². The maximum absolute atomic E-state index is 10.2. The van der Waals surface area contributed by atoms with Gasteiger partial charge in [-0.3, -0.25) is 4.99 Å². The third kappa shape index (κ3) is 3.27. The summed E-state index contributed by atoms with van der Waals surface area (Å²) in [6.45, 7) is 4.37. The lowest BCUT2D eigenvalue weighted by Gasteiger charge is -2.40. The van der Waals surface area contributed by atoms with Gasteiger partial charge in [-0.2, -0.15) is 0 Å². The molecule has 4 N–H and O–H groups in total. The SMILES string of the molecule is C=CCC(O)C1O[C@@H]2SC(=NCC3CC3)N[C@@H]2[C@@H](O)C1O. The molecule has 1 saturated carbocycles. The lowest BCUT2D eigenvalue weighted by Crippen LogP contribution is -2.61. The minimum absolute atomic E-state index is 0.312. The summed E-state index contributed by atoms with van der Waals surface area (Å²) in [5, 5.41) is 34.3. The molecule has 0 aromatic carbocycles. The number of hydrogen-bond acceptors (Lipinski definition) is 6. The molecule has 0 radical (unpaired) electrons. The van der Waals surface area contributed by atoms with Crippen molar-refractivity contribution in [2.75, 3.05) is 6.54 Å². The second kappa shape index (κ2) is 6.26. The van der Waals surface area contributed by atoms with E-state index in [2.05, 4.69) is 16.9 Å². The molecule has 7 heteroatoms. The maximum Gasteiger partial charge on any atom is 0.159 e. The molecule has 6 atom stereocenters. The monoisotopic (exact) mass is 314 g/mol. The summed E-state index contributed by atoms with van der Waals surface area (Å²) in [6, 6.07) is -0.393. The van der Waals surface area contributed by atoms with Crippen molar-refractivity contribution < 1.29 is 20.1 Å². The van der Waals surface area contributed by atoms with Crippen molar-refractivity contribution in [2.24, 2.45) is 10.9 Å². The molecule has 1 aliphatic carbocycles. The van der Waals surface area contributed by atoms with Crippen LogP contribution in [0.4, 0.5) is 0 Å². The van der Waals surface area contributed by atoms with Gasteiger partial charge in [0, 0.05) is 6.54 Å². The van der Waals surface area contributed by atoms with Crippen LogP contribution in [0.15, 0.2) is 17.6 Å². The summed E-state index contributed by atoms with van der Waals surface area (Å²) < 4.78 is 5.77. The zero-order valence-corrected chi connectivity index (χ0v) is 12.6. The first kappa shape index (κ1) is 15.3. The van der Waals surface area contributed by atoms with Crippen LogP contribution in [0.2, 0.25) is 0 Å². The average molecular weight is 314 g/mol. The van der Waals surface area contributed by atoms with Crippen molar-refractivity contribution in [1.29, 1.82) is 0 Å². The Morgan fingerprint density at radius 3 is 2.86 bits per heavy atom. The number of aliphatic hydroxyl groups excluding tert-OH is 3. The van der Waals surface area contributed by atoms with Gasteiger partial charge in [-0.25, -0.2) is 0 Å². The molecule has 3 rings (SSSR count). The molecular weight excluding hydrogens is 292 g/mol. The molecular formula is C14H22N2O4S. The Bertz CT molecular complexity index is 429. The number of fused-ring (bicyclic) bond motifs is 1. The Morgan fingerprint density at radius 2 is 2.19 bits per heavy atom. The zero-order chi connectivity index (χ0) is 15.0. The van der Waals surface area contributed by atoms with E-state index >= 15 is 0 Å². The van der Waals surface area contributed by atoms with Gasteiger partial charge in [-0.05, 0) is 25.2 Å². The number of amidine groups is 1. The van der Waals surface area contributed by atoms with E-state index in [-0.39, 0.29) is 5.44 Å². The highest BCUT2D eigenvalue weighted by Gasteiger charge is 2.50. The number of nitrogens with zero attached hydrogens (tertiary/aromatic N) is 1. The van der Waals surface area contributed by atoms with Crippen molar-refractivity contribution in [2.45, 2.75) is 55.2 Å². The third-order valence-corrected chi connectivity index (χ3v) is 5.24. The predicted octanol–water partition coefficient (Wildman–Crippen LogP) is -0.159. The predicted molar refractivity (Wildman–Crippen MR) is 81.0 cm³/mol. The Labute approximate surface area is 128 Å². The van der Waals surface area contributed by atoms with Crippen molar-refractivity contribution >= 4 is 16.9 Å². The van der Waals surface area contributed by atoms with Crippen LogP contribution < -0.4 is 5.32 Å². The standard InChI is InChI=1S/C14H22N2O4S/c1-2-3-8(17)12-11(19)10(18)9-13(20-12)21-14(16-9)15-6-7-4-5-7/h2,7-13,17-19H,1,3-6H2,(H,15,16)/t8?,9-,10-,11?,12?,13-/m1/s1. The number of hydrogen-bond donors (Lipinski definition) is 4. The van der Waals surface area contributed by atoms with E-state index < -0.39 is 30.5 Å². The molecule has 0 aromatic heterocycles. The van der Waals surface area contributed by atoms with Gasteiger partial charge in [-0.1, -0.05) is 17.8 Å². The van der Waals surface area contributed by atoms with Crippen LogP contribution in [0.3, 0.4) is 0 Å². The first-order valence-corrected chi connectivity index (χ1v) is 8.26. The number of ether oxygens (including phenoxy) is 1.